The van der Waals surface area contributed by atoms with Gasteiger partial charge >= 0.3 is 0 Å². The highest BCUT2D eigenvalue weighted by molar-refractivity contribution is 6.30. The quantitative estimate of drug-likeness (QED) is 0.466. The van der Waals surface area contributed by atoms with Gasteiger partial charge in [-0.05, 0) is 82.1 Å². The molecule has 3 rings (SSSR count). The van der Waals surface area contributed by atoms with Crippen LogP contribution in [0.3, 0.4) is 0 Å². The average Bonchev–Trinajstić information content (AvgIpc) is 2.75. The van der Waals surface area contributed by atoms with Crippen molar-refractivity contribution in [3.8, 4) is 5.75 Å². The molecule has 0 unspecified atom stereocenters. The fraction of sp³-hybridized carbons (Fsp3) is 0.500. The standard InChI is InChI=1S/C19H30N2O2.C7H7Cl/c1-4-12-20(13-5-2)14-7-15-21-17-8-6-9-18(23-3)16(17)10-11-19(21)22;1-6-3-2-4-7(8)5-6/h6,8-9H,4-5,7,10-15H2,1-3H3;2-5H,1H3. The molecule has 1 aliphatic heterocycles. The summed E-state index contributed by atoms with van der Waals surface area (Å²) in [5.41, 5.74) is 3.42. The summed E-state index contributed by atoms with van der Waals surface area (Å²) in [6, 6.07) is 13.8. The van der Waals surface area contributed by atoms with E-state index >= 15 is 0 Å². The van der Waals surface area contributed by atoms with Crippen molar-refractivity contribution in [2.24, 2.45) is 0 Å². The van der Waals surface area contributed by atoms with Gasteiger partial charge in [-0.2, -0.15) is 0 Å². The third-order valence-corrected chi connectivity index (χ3v) is 5.66. The number of carbonyl (C=O) groups is 1. The van der Waals surface area contributed by atoms with Crippen molar-refractivity contribution in [3.63, 3.8) is 0 Å². The summed E-state index contributed by atoms with van der Waals surface area (Å²) in [5.74, 6) is 1.14. The Hall–Kier alpha value is -2.04. The maximum Gasteiger partial charge on any atom is 0.227 e. The van der Waals surface area contributed by atoms with Crippen LogP contribution in [0.1, 0.15) is 50.7 Å². The highest BCUT2D eigenvalue weighted by Crippen LogP contribution is 2.34. The van der Waals surface area contributed by atoms with Crippen LogP contribution >= 0.6 is 11.6 Å². The van der Waals surface area contributed by atoms with Crippen LogP contribution in [-0.4, -0.2) is 44.1 Å². The maximum absolute atomic E-state index is 12.4. The molecule has 1 amide bonds. The summed E-state index contributed by atoms with van der Waals surface area (Å²) in [5, 5.41) is 0.810. The number of nitrogens with zero attached hydrogens (tertiary/aromatic N) is 2. The lowest BCUT2D eigenvalue weighted by molar-refractivity contribution is -0.118. The van der Waals surface area contributed by atoms with E-state index in [0.717, 1.165) is 55.5 Å². The minimum absolute atomic E-state index is 0.239. The second-order valence-corrected chi connectivity index (χ2v) is 8.43. The van der Waals surface area contributed by atoms with Crippen LogP contribution in [0.5, 0.6) is 5.75 Å². The molecule has 1 heterocycles. The highest BCUT2D eigenvalue weighted by Gasteiger charge is 2.25. The molecule has 31 heavy (non-hydrogen) atoms. The Morgan fingerprint density at radius 3 is 2.32 bits per heavy atom. The maximum atomic E-state index is 12.4. The Labute approximate surface area is 193 Å². The average molecular weight is 445 g/mol. The van der Waals surface area contributed by atoms with E-state index in [9.17, 15) is 4.79 Å². The molecule has 0 radical (unpaired) electrons. The molecule has 1 aliphatic rings. The van der Waals surface area contributed by atoms with Gasteiger partial charge in [-0.15, -0.1) is 0 Å². The molecule has 0 aliphatic carbocycles. The first-order valence-corrected chi connectivity index (χ1v) is 11.8. The van der Waals surface area contributed by atoms with E-state index in [-0.39, 0.29) is 5.91 Å². The lowest BCUT2D eigenvalue weighted by atomic mass is 10.00. The Bertz CT molecular complexity index is 802. The summed E-state index contributed by atoms with van der Waals surface area (Å²) in [6.07, 6.45) is 4.75. The van der Waals surface area contributed by atoms with Crippen LogP contribution < -0.4 is 9.64 Å². The molecule has 0 saturated heterocycles. The number of aryl methyl sites for hydroxylation is 1. The predicted octanol–water partition coefficient (Wildman–Crippen LogP) is 6.13. The van der Waals surface area contributed by atoms with E-state index in [1.165, 1.54) is 24.0 Å². The van der Waals surface area contributed by atoms with Crippen molar-refractivity contribution in [2.75, 3.05) is 38.2 Å². The number of carbonyl (C=O) groups excluding carboxylic acids is 1. The number of rotatable bonds is 9. The smallest absolute Gasteiger partial charge is 0.227 e. The summed E-state index contributed by atoms with van der Waals surface area (Å²) >= 11 is 5.64. The van der Waals surface area contributed by atoms with Gasteiger partial charge in [0.1, 0.15) is 5.75 Å². The van der Waals surface area contributed by atoms with Crippen LogP contribution in [0.2, 0.25) is 5.02 Å². The first-order chi connectivity index (χ1) is 15.0. The molecule has 0 bridgehead atoms. The number of amides is 1. The number of benzene rings is 2. The highest BCUT2D eigenvalue weighted by atomic mass is 35.5. The molecule has 0 spiro atoms. The summed E-state index contributed by atoms with van der Waals surface area (Å²) in [6.45, 7) is 10.6. The van der Waals surface area contributed by atoms with Crippen LogP contribution in [-0.2, 0) is 11.2 Å². The van der Waals surface area contributed by atoms with E-state index in [2.05, 4.69) is 18.7 Å². The molecule has 5 heteroatoms. The molecule has 2 aromatic carbocycles. The van der Waals surface area contributed by atoms with Gasteiger partial charge in [-0.3, -0.25) is 4.79 Å². The van der Waals surface area contributed by atoms with Crippen molar-refractivity contribution in [1.29, 1.82) is 0 Å². The Morgan fingerprint density at radius 2 is 1.74 bits per heavy atom. The van der Waals surface area contributed by atoms with Crippen molar-refractivity contribution >= 4 is 23.2 Å². The molecule has 0 atom stereocenters. The second kappa shape index (κ2) is 13.4. The van der Waals surface area contributed by atoms with Gasteiger partial charge in [0.2, 0.25) is 5.91 Å². The number of hydrogen-bond acceptors (Lipinski definition) is 3. The van der Waals surface area contributed by atoms with E-state index in [0.29, 0.717) is 6.42 Å². The van der Waals surface area contributed by atoms with Crippen LogP contribution in [0.25, 0.3) is 0 Å². The van der Waals surface area contributed by atoms with Crippen LogP contribution in [0.15, 0.2) is 42.5 Å². The lowest BCUT2D eigenvalue weighted by Gasteiger charge is -2.31. The van der Waals surface area contributed by atoms with Crippen LogP contribution in [0.4, 0.5) is 5.69 Å². The second-order valence-electron chi connectivity index (χ2n) is 8.00. The molecular formula is C26H37ClN2O2. The summed E-state index contributed by atoms with van der Waals surface area (Å²) in [7, 11) is 1.70. The van der Waals surface area contributed by atoms with Crippen molar-refractivity contribution in [2.45, 2.75) is 52.9 Å². The Balaban J connectivity index is 0.000000357. The largest absolute Gasteiger partial charge is 0.496 e. The summed E-state index contributed by atoms with van der Waals surface area (Å²) in [4.78, 5) is 16.8. The first kappa shape index (κ1) is 25.2. The van der Waals surface area contributed by atoms with Gasteiger partial charge < -0.3 is 14.5 Å². The van der Waals surface area contributed by atoms with E-state index in [4.69, 9.17) is 16.3 Å². The minimum Gasteiger partial charge on any atom is -0.496 e. The number of halogens is 1. The normalized spacial score (nSPS) is 13.0. The van der Waals surface area contributed by atoms with Crippen molar-refractivity contribution in [3.05, 3.63) is 58.6 Å². The zero-order valence-electron chi connectivity index (χ0n) is 19.5. The van der Waals surface area contributed by atoms with Gasteiger partial charge in [0.05, 0.1) is 12.8 Å². The third-order valence-electron chi connectivity index (χ3n) is 5.42. The number of hydrogen-bond donors (Lipinski definition) is 0. The Kier molecular flexibility index (Phi) is 10.9. The van der Waals surface area contributed by atoms with Crippen molar-refractivity contribution in [1.82, 2.24) is 4.90 Å². The summed E-state index contributed by atoms with van der Waals surface area (Å²) < 4.78 is 5.46. The van der Waals surface area contributed by atoms with Gasteiger partial charge in [-0.25, -0.2) is 0 Å². The van der Waals surface area contributed by atoms with Gasteiger partial charge in [0, 0.05) is 23.6 Å². The monoisotopic (exact) mass is 444 g/mol. The van der Waals surface area contributed by atoms with Gasteiger partial charge in [0.25, 0.3) is 0 Å². The van der Waals surface area contributed by atoms with Crippen LogP contribution in [0, 0.1) is 6.92 Å². The Morgan fingerprint density at radius 1 is 1.03 bits per heavy atom. The molecule has 170 valence electrons. The zero-order chi connectivity index (χ0) is 22.6. The number of ether oxygens (including phenoxy) is 1. The molecule has 4 nitrogen and oxygen atoms in total. The molecule has 0 fully saturated rings. The molecule has 0 saturated carbocycles. The topological polar surface area (TPSA) is 32.8 Å². The van der Waals surface area contributed by atoms with E-state index in [1.807, 2.05) is 54.3 Å². The molecule has 2 aromatic rings. The number of anilines is 1. The lowest BCUT2D eigenvalue weighted by Crippen LogP contribution is -2.38. The van der Waals surface area contributed by atoms with E-state index in [1.54, 1.807) is 7.11 Å². The molecule has 0 aromatic heterocycles. The third kappa shape index (κ3) is 7.86. The van der Waals surface area contributed by atoms with Gasteiger partial charge in [0.15, 0.2) is 0 Å². The minimum atomic E-state index is 0.239. The molecular weight excluding hydrogens is 408 g/mol. The number of methoxy groups -OCH3 is 1. The fourth-order valence-corrected chi connectivity index (χ4v) is 4.27. The SMILES string of the molecule is CCCN(CCC)CCCN1C(=O)CCc2c(OC)cccc21.Cc1cccc(Cl)c1. The van der Waals surface area contributed by atoms with E-state index < -0.39 is 0 Å². The van der Waals surface area contributed by atoms with Gasteiger partial charge in [-0.1, -0.05) is 43.6 Å². The zero-order valence-corrected chi connectivity index (χ0v) is 20.3. The van der Waals surface area contributed by atoms with Crippen molar-refractivity contribution < 1.29 is 9.53 Å². The fourth-order valence-electron chi connectivity index (χ4n) is 4.02. The first-order valence-electron chi connectivity index (χ1n) is 11.4. The number of fused-ring (bicyclic) bond motifs is 1. The predicted molar refractivity (Wildman–Crippen MR) is 131 cm³/mol. The molecule has 0 N–H and O–H groups in total.